The fourth-order valence-electron chi connectivity index (χ4n) is 2.14. The van der Waals surface area contributed by atoms with Crippen molar-refractivity contribution in [1.29, 1.82) is 0 Å². The Labute approximate surface area is 106 Å². The third-order valence-electron chi connectivity index (χ3n) is 3.63. The average Bonchev–Trinajstić information content (AvgIpc) is 2.33. The van der Waals surface area contributed by atoms with E-state index in [9.17, 15) is 9.59 Å². The number of rotatable bonds is 4. The number of hydrogen-bond acceptors (Lipinski definition) is 2. The summed E-state index contributed by atoms with van der Waals surface area (Å²) in [6.45, 7) is 2.36. The maximum absolute atomic E-state index is 11.9. The predicted molar refractivity (Wildman–Crippen MR) is 67.2 cm³/mol. The zero-order valence-corrected chi connectivity index (χ0v) is 10.4. The van der Waals surface area contributed by atoms with Gasteiger partial charge >= 0.3 is 5.97 Å². The minimum Gasteiger partial charge on any atom is -0.478 e. The van der Waals surface area contributed by atoms with Gasteiger partial charge < -0.3 is 10.4 Å². The molecule has 0 heterocycles. The number of carbonyl (C=O) groups is 2. The first-order chi connectivity index (χ1) is 8.51. The van der Waals surface area contributed by atoms with E-state index >= 15 is 0 Å². The maximum atomic E-state index is 11.9. The highest BCUT2D eigenvalue weighted by atomic mass is 16.4. The van der Waals surface area contributed by atoms with E-state index in [0.717, 1.165) is 24.8 Å². The van der Waals surface area contributed by atoms with Crippen molar-refractivity contribution in [1.82, 2.24) is 5.32 Å². The second-order valence-electron chi connectivity index (χ2n) is 5.10. The molecular weight excluding hydrogens is 230 g/mol. The van der Waals surface area contributed by atoms with Crippen molar-refractivity contribution in [3.8, 4) is 0 Å². The topological polar surface area (TPSA) is 66.4 Å². The van der Waals surface area contributed by atoms with Crippen molar-refractivity contribution in [2.45, 2.75) is 32.7 Å². The molecule has 0 spiro atoms. The molecule has 4 nitrogen and oxygen atoms in total. The number of nitrogens with one attached hydrogen (secondary N) is 1. The van der Waals surface area contributed by atoms with Crippen molar-refractivity contribution in [2.75, 3.05) is 0 Å². The van der Waals surface area contributed by atoms with Crippen LogP contribution in [0.4, 0.5) is 0 Å². The van der Waals surface area contributed by atoms with E-state index in [1.165, 1.54) is 0 Å². The van der Waals surface area contributed by atoms with Crippen LogP contribution < -0.4 is 5.32 Å². The summed E-state index contributed by atoms with van der Waals surface area (Å²) in [7, 11) is 0. The van der Waals surface area contributed by atoms with Crippen molar-refractivity contribution < 1.29 is 14.7 Å². The smallest absolute Gasteiger partial charge is 0.335 e. The van der Waals surface area contributed by atoms with Crippen LogP contribution in [0.15, 0.2) is 24.3 Å². The number of carboxylic acid groups (broad SMARTS) is 1. The summed E-state index contributed by atoms with van der Waals surface area (Å²) in [5, 5.41) is 11.8. The van der Waals surface area contributed by atoms with Gasteiger partial charge in [0.15, 0.2) is 0 Å². The van der Waals surface area contributed by atoms with Gasteiger partial charge in [0.2, 0.25) is 5.91 Å². The Bertz CT molecular complexity index is 478. The van der Waals surface area contributed by atoms with Crippen molar-refractivity contribution in [3.63, 3.8) is 0 Å². The van der Waals surface area contributed by atoms with Gasteiger partial charge in [-0.3, -0.25) is 4.79 Å². The standard InChI is InChI=1S/C14H17NO3/c1-14(6-3-7-14)13(18)15-9-10-4-2-5-11(8-10)12(16)17/h2,4-5,8H,3,6-7,9H2,1H3,(H,15,18)(H,16,17). The maximum Gasteiger partial charge on any atom is 0.335 e. The molecule has 1 saturated carbocycles. The SMILES string of the molecule is CC1(C(=O)NCc2cccc(C(=O)O)c2)CCC1. The second kappa shape index (κ2) is 4.80. The molecule has 4 heteroatoms. The van der Waals surface area contributed by atoms with Crippen LogP contribution in [0.3, 0.4) is 0 Å². The molecule has 1 aromatic rings. The molecule has 18 heavy (non-hydrogen) atoms. The highest BCUT2D eigenvalue weighted by molar-refractivity contribution is 5.87. The molecule has 0 atom stereocenters. The summed E-state index contributed by atoms with van der Waals surface area (Å²) in [6, 6.07) is 6.64. The Morgan fingerprint density at radius 1 is 1.39 bits per heavy atom. The Morgan fingerprint density at radius 2 is 2.11 bits per heavy atom. The molecule has 2 N–H and O–H groups in total. The summed E-state index contributed by atoms with van der Waals surface area (Å²) in [5.74, 6) is -0.886. The predicted octanol–water partition coefficient (Wildman–Crippen LogP) is 2.19. The number of carboxylic acids is 1. The number of hydrogen-bond donors (Lipinski definition) is 2. The molecule has 0 bridgehead atoms. The molecule has 96 valence electrons. The lowest BCUT2D eigenvalue weighted by Gasteiger charge is -2.36. The summed E-state index contributed by atoms with van der Waals surface area (Å²) in [6.07, 6.45) is 2.99. The number of carbonyl (C=O) groups excluding carboxylic acids is 1. The van der Waals surface area contributed by atoms with Gasteiger partial charge in [0.1, 0.15) is 0 Å². The van der Waals surface area contributed by atoms with E-state index in [1.807, 2.05) is 13.0 Å². The molecule has 2 rings (SSSR count). The van der Waals surface area contributed by atoms with Crippen LogP contribution in [0.2, 0.25) is 0 Å². The Kier molecular flexibility index (Phi) is 3.36. The highest BCUT2D eigenvalue weighted by Crippen LogP contribution is 2.40. The lowest BCUT2D eigenvalue weighted by molar-refractivity contribution is -0.134. The molecule has 0 aliphatic heterocycles. The summed E-state index contributed by atoms with van der Waals surface area (Å²) >= 11 is 0. The normalized spacial score (nSPS) is 16.7. The second-order valence-corrected chi connectivity index (χ2v) is 5.10. The zero-order valence-electron chi connectivity index (χ0n) is 10.4. The van der Waals surface area contributed by atoms with Crippen LogP contribution in [-0.4, -0.2) is 17.0 Å². The van der Waals surface area contributed by atoms with Gasteiger partial charge in [-0.2, -0.15) is 0 Å². The average molecular weight is 247 g/mol. The van der Waals surface area contributed by atoms with Gasteiger partial charge in [0, 0.05) is 12.0 Å². The summed E-state index contributed by atoms with van der Waals surface area (Å²) in [4.78, 5) is 22.7. The van der Waals surface area contributed by atoms with Crippen LogP contribution in [0.5, 0.6) is 0 Å². The molecular formula is C14H17NO3. The lowest BCUT2D eigenvalue weighted by atomic mass is 9.70. The van der Waals surface area contributed by atoms with Gasteiger partial charge in [0.25, 0.3) is 0 Å². The van der Waals surface area contributed by atoms with Gasteiger partial charge in [-0.25, -0.2) is 4.79 Å². The zero-order chi connectivity index (χ0) is 13.2. The number of amides is 1. The van der Waals surface area contributed by atoms with Crippen LogP contribution in [0.25, 0.3) is 0 Å². The van der Waals surface area contributed by atoms with E-state index in [-0.39, 0.29) is 16.9 Å². The van der Waals surface area contributed by atoms with Crippen LogP contribution >= 0.6 is 0 Å². The van der Waals surface area contributed by atoms with Gasteiger partial charge in [-0.05, 0) is 30.5 Å². The molecule has 1 aliphatic rings. The van der Waals surface area contributed by atoms with Crippen molar-refractivity contribution in [2.24, 2.45) is 5.41 Å². The van der Waals surface area contributed by atoms with Gasteiger partial charge in [-0.1, -0.05) is 25.5 Å². The molecule has 1 amide bonds. The Balaban J connectivity index is 1.96. The molecule has 0 aromatic heterocycles. The third kappa shape index (κ3) is 2.53. The van der Waals surface area contributed by atoms with E-state index < -0.39 is 5.97 Å². The first kappa shape index (κ1) is 12.6. The first-order valence-electron chi connectivity index (χ1n) is 6.12. The van der Waals surface area contributed by atoms with Crippen molar-refractivity contribution in [3.05, 3.63) is 35.4 Å². The molecule has 0 radical (unpaired) electrons. The number of benzene rings is 1. The van der Waals surface area contributed by atoms with Gasteiger partial charge in [-0.15, -0.1) is 0 Å². The minimum absolute atomic E-state index is 0.0643. The molecule has 0 unspecified atom stereocenters. The minimum atomic E-state index is -0.950. The highest BCUT2D eigenvalue weighted by Gasteiger charge is 2.38. The molecule has 1 aromatic carbocycles. The summed E-state index contributed by atoms with van der Waals surface area (Å²) < 4.78 is 0. The van der Waals surface area contributed by atoms with E-state index in [4.69, 9.17) is 5.11 Å². The molecule has 1 aliphatic carbocycles. The largest absolute Gasteiger partial charge is 0.478 e. The lowest BCUT2D eigenvalue weighted by Crippen LogP contribution is -2.43. The van der Waals surface area contributed by atoms with Crippen LogP contribution in [0.1, 0.15) is 42.1 Å². The van der Waals surface area contributed by atoms with Gasteiger partial charge in [0.05, 0.1) is 5.56 Å². The first-order valence-corrected chi connectivity index (χ1v) is 6.12. The fourth-order valence-corrected chi connectivity index (χ4v) is 2.14. The molecule has 1 fully saturated rings. The fraction of sp³-hybridized carbons (Fsp3) is 0.429. The van der Waals surface area contributed by atoms with Crippen molar-refractivity contribution >= 4 is 11.9 Å². The quantitative estimate of drug-likeness (QED) is 0.857. The number of aromatic carboxylic acids is 1. The van der Waals surface area contributed by atoms with Crippen LogP contribution in [0, 0.1) is 5.41 Å². The monoisotopic (exact) mass is 247 g/mol. The summed E-state index contributed by atoms with van der Waals surface area (Å²) in [5.41, 5.74) is 0.840. The van der Waals surface area contributed by atoms with E-state index in [2.05, 4.69) is 5.32 Å². The third-order valence-corrected chi connectivity index (χ3v) is 3.63. The van der Waals surface area contributed by atoms with E-state index in [0.29, 0.717) is 6.54 Å². The Hall–Kier alpha value is -1.84. The van der Waals surface area contributed by atoms with Crippen LogP contribution in [-0.2, 0) is 11.3 Å². The van der Waals surface area contributed by atoms with E-state index in [1.54, 1.807) is 18.2 Å². The molecule has 0 saturated heterocycles. The Morgan fingerprint density at radius 3 is 2.67 bits per heavy atom.